The Morgan fingerprint density at radius 3 is 2.70 bits per heavy atom. The van der Waals surface area contributed by atoms with Crippen molar-refractivity contribution in [3.8, 4) is 5.75 Å². The summed E-state index contributed by atoms with van der Waals surface area (Å²) < 4.78 is 11.4. The van der Waals surface area contributed by atoms with Gasteiger partial charge in [0.25, 0.3) is 0 Å². The molecule has 1 fully saturated rings. The standard InChI is InChI=1S/C20H24N2O5/c1-12(10-23)11-26-14-7-8-15-16(9-14)27-19(17(15)22-20(21)25)18(24)13-5-3-2-4-6-13/h7-9,13,23H,1-6,10-11H2,(H3,21,22,25). The van der Waals surface area contributed by atoms with Gasteiger partial charge in [-0.15, -0.1) is 0 Å². The lowest BCUT2D eigenvalue weighted by molar-refractivity contribution is 0.0864. The number of aliphatic hydroxyl groups is 1. The Morgan fingerprint density at radius 2 is 2.04 bits per heavy atom. The Kier molecular flexibility index (Phi) is 5.81. The lowest BCUT2D eigenvalue weighted by atomic mass is 9.85. The number of hydrogen-bond acceptors (Lipinski definition) is 5. The molecule has 1 aromatic heterocycles. The molecule has 1 saturated carbocycles. The van der Waals surface area contributed by atoms with Crippen LogP contribution < -0.4 is 15.8 Å². The average molecular weight is 372 g/mol. The molecule has 1 aromatic carbocycles. The van der Waals surface area contributed by atoms with Gasteiger partial charge in [-0.1, -0.05) is 25.8 Å². The Bertz CT molecular complexity index is 865. The van der Waals surface area contributed by atoms with E-state index in [1.165, 1.54) is 0 Å². The minimum absolute atomic E-state index is 0.101. The topological polar surface area (TPSA) is 115 Å². The van der Waals surface area contributed by atoms with Crippen LogP contribution in [0.15, 0.2) is 34.8 Å². The van der Waals surface area contributed by atoms with Gasteiger partial charge in [-0.3, -0.25) is 4.79 Å². The second-order valence-corrected chi connectivity index (χ2v) is 6.85. The minimum atomic E-state index is -0.755. The molecule has 0 aliphatic heterocycles. The molecule has 1 heterocycles. The van der Waals surface area contributed by atoms with Crippen molar-refractivity contribution in [1.82, 2.24) is 0 Å². The Hall–Kier alpha value is -2.80. The van der Waals surface area contributed by atoms with Crippen LogP contribution in [-0.4, -0.2) is 30.1 Å². The van der Waals surface area contributed by atoms with Crippen LogP contribution in [0.3, 0.4) is 0 Å². The number of benzene rings is 1. The fourth-order valence-electron chi connectivity index (χ4n) is 3.37. The predicted molar refractivity (Wildman–Crippen MR) is 102 cm³/mol. The summed E-state index contributed by atoms with van der Waals surface area (Å²) in [6, 6.07) is 4.29. The monoisotopic (exact) mass is 372 g/mol. The highest BCUT2D eigenvalue weighted by molar-refractivity contribution is 6.11. The third-order valence-electron chi connectivity index (χ3n) is 4.78. The molecule has 144 valence electrons. The summed E-state index contributed by atoms with van der Waals surface area (Å²) in [6.45, 7) is 3.68. The van der Waals surface area contributed by atoms with Crippen LogP contribution in [0.1, 0.15) is 42.7 Å². The van der Waals surface area contributed by atoms with Crippen LogP contribution in [0.4, 0.5) is 10.5 Å². The van der Waals surface area contributed by atoms with Gasteiger partial charge >= 0.3 is 6.03 Å². The zero-order valence-corrected chi connectivity index (χ0v) is 15.1. The van der Waals surface area contributed by atoms with Crippen molar-refractivity contribution in [3.05, 3.63) is 36.1 Å². The molecule has 0 saturated heterocycles. The van der Waals surface area contributed by atoms with Crippen LogP contribution in [0.25, 0.3) is 11.0 Å². The quantitative estimate of drug-likeness (QED) is 0.507. The number of hydrogen-bond donors (Lipinski definition) is 3. The first kappa shape index (κ1) is 19.0. The first-order valence-corrected chi connectivity index (χ1v) is 9.07. The average Bonchev–Trinajstić information content (AvgIpc) is 3.03. The lowest BCUT2D eigenvalue weighted by Crippen LogP contribution is -2.22. The number of fused-ring (bicyclic) bond motifs is 1. The molecule has 2 amide bonds. The van der Waals surface area contributed by atoms with E-state index in [0.29, 0.717) is 28.0 Å². The second-order valence-electron chi connectivity index (χ2n) is 6.85. The largest absolute Gasteiger partial charge is 0.489 e. The van der Waals surface area contributed by atoms with Gasteiger partial charge in [0, 0.05) is 17.4 Å². The molecule has 7 nitrogen and oxygen atoms in total. The number of furan rings is 1. The van der Waals surface area contributed by atoms with E-state index in [1.54, 1.807) is 18.2 Å². The number of carbonyl (C=O) groups is 2. The van der Waals surface area contributed by atoms with Gasteiger partial charge in [0.05, 0.1) is 6.61 Å². The number of amides is 2. The third-order valence-corrected chi connectivity index (χ3v) is 4.78. The van der Waals surface area contributed by atoms with E-state index in [9.17, 15) is 9.59 Å². The van der Waals surface area contributed by atoms with Crippen molar-refractivity contribution in [1.29, 1.82) is 0 Å². The normalized spacial score (nSPS) is 14.9. The van der Waals surface area contributed by atoms with Crippen molar-refractivity contribution in [2.24, 2.45) is 11.7 Å². The van der Waals surface area contributed by atoms with Gasteiger partial charge in [-0.25, -0.2) is 4.79 Å². The third kappa shape index (κ3) is 4.31. The van der Waals surface area contributed by atoms with Gasteiger partial charge in [0.1, 0.15) is 23.6 Å². The maximum absolute atomic E-state index is 13.0. The Morgan fingerprint density at radius 1 is 1.30 bits per heavy atom. The molecule has 1 aliphatic rings. The minimum Gasteiger partial charge on any atom is -0.489 e. The molecule has 7 heteroatoms. The van der Waals surface area contributed by atoms with Crippen molar-refractivity contribution < 1.29 is 23.8 Å². The van der Waals surface area contributed by atoms with E-state index in [-0.39, 0.29) is 30.7 Å². The van der Waals surface area contributed by atoms with Gasteiger partial charge in [0.2, 0.25) is 5.78 Å². The number of anilines is 1. The number of carbonyl (C=O) groups excluding carboxylic acids is 2. The number of ether oxygens (including phenoxy) is 1. The van der Waals surface area contributed by atoms with Gasteiger partial charge < -0.3 is 25.3 Å². The van der Waals surface area contributed by atoms with Gasteiger partial charge in [0.15, 0.2) is 5.76 Å². The molecular formula is C20H24N2O5. The number of urea groups is 1. The number of rotatable bonds is 7. The molecule has 0 atom stereocenters. The fraction of sp³-hybridized carbons (Fsp3) is 0.400. The van der Waals surface area contributed by atoms with E-state index in [0.717, 1.165) is 32.1 Å². The molecule has 0 spiro atoms. The number of nitrogens with two attached hydrogens (primary N) is 1. The molecule has 27 heavy (non-hydrogen) atoms. The molecule has 2 aromatic rings. The number of aliphatic hydroxyl groups excluding tert-OH is 1. The predicted octanol–water partition coefficient (Wildman–Crippen LogP) is 3.61. The molecule has 0 unspecified atom stereocenters. The Balaban J connectivity index is 1.94. The van der Waals surface area contributed by atoms with Crippen molar-refractivity contribution in [2.75, 3.05) is 18.5 Å². The molecule has 3 rings (SSSR count). The fourth-order valence-corrected chi connectivity index (χ4v) is 3.37. The second kappa shape index (κ2) is 8.26. The van der Waals surface area contributed by atoms with E-state index >= 15 is 0 Å². The highest BCUT2D eigenvalue weighted by atomic mass is 16.5. The zero-order chi connectivity index (χ0) is 19.4. The van der Waals surface area contributed by atoms with E-state index in [4.69, 9.17) is 20.0 Å². The number of ketones is 1. The van der Waals surface area contributed by atoms with Gasteiger partial charge in [-0.05, 0) is 30.5 Å². The SMILES string of the molecule is C=C(CO)COc1ccc2c(NC(N)=O)c(C(=O)C3CCCCC3)oc2c1. The zero-order valence-electron chi connectivity index (χ0n) is 15.1. The summed E-state index contributed by atoms with van der Waals surface area (Å²) >= 11 is 0. The number of primary amides is 1. The summed E-state index contributed by atoms with van der Waals surface area (Å²) in [5.74, 6) is 0.433. The molecule has 0 radical (unpaired) electrons. The lowest BCUT2D eigenvalue weighted by Gasteiger charge is -2.19. The molecular weight excluding hydrogens is 348 g/mol. The van der Waals surface area contributed by atoms with Crippen LogP contribution in [0.2, 0.25) is 0 Å². The summed E-state index contributed by atoms with van der Waals surface area (Å²) in [5.41, 5.74) is 6.55. The van der Waals surface area contributed by atoms with Crippen LogP contribution >= 0.6 is 0 Å². The first-order chi connectivity index (χ1) is 13.0. The highest BCUT2D eigenvalue weighted by Gasteiger charge is 2.29. The van der Waals surface area contributed by atoms with E-state index in [1.807, 2.05) is 0 Å². The van der Waals surface area contributed by atoms with E-state index < -0.39 is 6.03 Å². The maximum atomic E-state index is 13.0. The van der Waals surface area contributed by atoms with Crippen molar-refractivity contribution in [3.63, 3.8) is 0 Å². The summed E-state index contributed by atoms with van der Waals surface area (Å²) in [4.78, 5) is 24.4. The van der Waals surface area contributed by atoms with Crippen molar-refractivity contribution in [2.45, 2.75) is 32.1 Å². The number of nitrogens with one attached hydrogen (secondary N) is 1. The Labute approximate surface area is 157 Å². The van der Waals surface area contributed by atoms with Crippen LogP contribution in [0, 0.1) is 5.92 Å². The van der Waals surface area contributed by atoms with Crippen LogP contribution in [0.5, 0.6) is 5.75 Å². The highest BCUT2D eigenvalue weighted by Crippen LogP contribution is 2.37. The van der Waals surface area contributed by atoms with E-state index in [2.05, 4.69) is 11.9 Å². The van der Waals surface area contributed by atoms with Crippen LogP contribution in [-0.2, 0) is 0 Å². The maximum Gasteiger partial charge on any atom is 0.316 e. The summed E-state index contributed by atoms with van der Waals surface area (Å²) in [7, 11) is 0. The van der Waals surface area contributed by atoms with Crippen molar-refractivity contribution >= 4 is 28.5 Å². The first-order valence-electron chi connectivity index (χ1n) is 9.07. The smallest absolute Gasteiger partial charge is 0.316 e. The van der Waals surface area contributed by atoms with Gasteiger partial charge in [-0.2, -0.15) is 0 Å². The number of Topliss-reactive ketones (excluding diaryl/α,β-unsaturated/α-hetero) is 1. The molecule has 0 bridgehead atoms. The molecule has 1 aliphatic carbocycles. The summed E-state index contributed by atoms with van der Waals surface area (Å²) in [5, 5.41) is 12.1. The summed E-state index contributed by atoms with van der Waals surface area (Å²) in [6.07, 6.45) is 4.81. The molecule has 4 N–H and O–H groups in total.